The fourth-order valence-corrected chi connectivity index (χ4v) is 6.99. The van der Waals surface area contributed by atoms with Crippen molar-refractivity contribution in [3.8, 4) is 0 Å². The lowest BCUT2D eigenvalue weighted by atomic mass is 9.87. The monoisotopic (exact) mass is 497 g/mol. The van der Waals surface area contributed by atoms with Crippen LogP contribution in [0.3, 0.4) is 0 Å². The summed E-state index contributed by atoms with van der Waals surface area (Å²) in [6.07, 6.45) is 13.4. The van der Waals surface area contributed by atoms with E-state index in [0.29, 0.717) is 6.04 Å². The van der Waals surface area contributed by atoms with Crippen molar-refractivity contribution in [1.82, 2.24) is 4.90 Å². The van der Waals surface area contributed by atoms with Gasteiger partial charge in [-0.25, -0.2) is 0 Å². The van der Waals surface area contributed by atoms with E-state index in [1.165, 1.54) is 48.2 Å². The van der Waals surface area contributed by atoms with Gasteiger partial charge in [-0.2, -0.15) is 0 Å². The van der Waals surface area contributed by atoms with E-state index < -0.39 is 0 Å². The molecular formula is C28H37BrNP. The van der Waals surface area contributed by atoms with Crippen molar-refractivity contribution >= 4 is 34.5 Å². The number of rotatable bonds is 10. The lowest BCUT2D eigenvalue weighted by Crippen LogP contribution is -2.30. The van der Waals surface area contributed by atoms with Crippen LogP contribution in [-0.2, 0) is 0 Å². The van der Waals surface area contributed by atoms with Crippen molar-refractivity contribution in [2.45, 2.75) is 52.5 Å². The Hall–Kier alpha value is -1.37. The normalized spacial score (nSPS) is 17.8. The first-order chi connectivity index (χ1) is 15.0. The highest BCUT2D eigenvalue weighted by Gasteiger charge is 2.27. The lowest BCUT2D eigenvalue weighted by molar-refractivity contribution is 0.361. The number of halogens is 1. The van der Waals surface area contributed by atoms with Crippen LogP contribution < -0.4 is 10.6 Å². The van der Waals surface area contributed by atoms with Gasteiger partial charge in [-0.3, -0.25) is 0 Å². The van der Waals surface area contributed by atoms with Crippen molar-refractivity contribution in [3.05, 3.63) is 84.6 Å². The third-order valence-electron chi connectivity index (χ3n) is 6.16. The molecule has 1 heterocycles. The molecule has 0 aromatic heterocycles. The van der Waals surface area contributed by atoms with E-state index in [-0.39, 0.29) is 13.3 Å². The molecule has 0 bridgehead atoms. The van der Waals surface area contributed by atoms with Gasteiger partial charge in [0.15, 0.2) is 0 Å². The van der Waals surface area contributed by atoms with E-state index in [4.69, 9.17) is 0 Å². The van der Waals surface area contributed by atoms with Crippen LogP contribution in [0.5, 0.6) is 0 Å². The van der Waals surface area contributed by atoms with E-state index in [0.717, 1.165) is 11.8 Å². The minimum Gasteiger partial charge on any atom is -0.374 e. The number of likely N-dealkylation sites (tertiary alicyclic amines) is 1. The van der Waals surface area contributed by atoms with Gasteiger partial charge in [0, 0.05) is 17.9 Å². The molecule has 0 saturated carbocycles. The molecule has 3 rings (SSSR count). The molecule has 0 radical (unpaired) electrons. The van der Waals surface area contributed by atoms with Gasteiger partial charge >= 0.3 is 0 Å². The van der Waals surface area contributed by atoms with Crippen LogP contribution in [0, 0.1) is 5.41 Å². The molecule has 3 heteroatoms. The molecule has 0 amide bonds. The van der Waals surface area contributed by atoms with E-state index in [2.05, 4.69) is 121 Å². The van der Waals surface area contributed by atoms with E-state index in [9.17, 15) is 0 Å². The van der Waals surface area contributed by atoms with Gasteiger partial charge in [-0.15, -0.1) is 0 Å². The Balaban J connectivity index is 1.69. The second-order valence-corrected chi connectivity index (χ2v) is 12.2. The average Bonchev–Trinajstić information content (AvgIpc) is 3.24. The fourth-order valence-electron chi connectivity index (χ4n) is 4.16. The van der Waals surface area contributed by atoms with Crippen LogP contribution in [0.4, 0.5) is 0 Å². The Kier molecular flexibility index (Phi) is 9.42. The molecule has 2 aromatic rings. The van der Waals surface area contributed by atoms with Crippen molar-refractivity contribution < 1.29 is 0 Å². The molecule has 1 aliphatic heterocycles. The molecule has 1 atom stereocenters. The smallest absolute Gasteiger partial charge is 0.0330 e. The summed E-state index contributed by atoms with van der Waals surface area (Å²) in [5, 5.41) is 3.97. The average molecular weight is 498 g/mol. The molecule has 1 fully saturated rings. The zero-order valence-corrected chi connectivity index (χ0v) is 21.8. The Bertz CT molecular complexity index is 804. The lowest BCUT2D eigenvalue weighted by Gasteiger charge is -2.29. The number of nitrogens with zero attached hydrogens (tertiary/aromatic N) is 1. The van der Waals surface area contributed by atoms with Crippen LogP contribution in [-0.4, -0.2) is 29.0 Å². The second-order valence-electron chi connectivity index (χ2n) is 9.34. The molecule has 2 aromatic carbocycles. The van der Waals surface area contributed by atoms with E-state index in [1.807, 2.05) is 0 Å². The minimum absolute atomic E-state index is 0.222. The summed E-state index contributed by atoms with van der Waals surface area (Å²) in [4.78, 5) is 2.63. The summed E-state index contributed by atoms with van der Waals surface area (Å²) in [5.41, 5.74) is 1.65. The summed E-state index contributed by atoms with van der Waals surface area (Å²) in [6.45, 7) is 8.12. The van der Waals surface area contributed by atoms with Gasteiger partial charge in [0.25, 0.3) is 0 Å². The van der Waals surface area contributed by atoms with Crippen molar-refractivity contribution in [2.24, 2.45) is 5.41 Å². The largest absolute Gasteiger partial charge is 0.374 e. The van der Waals surface area contributed by atoms with Crippen molar-refractivity contribution in [2.75, 3.05) is 18.0 Å². The van der Waals surface area contributed by atoms with Gasteiger partial charge in [0.2, 0.25) is 0 Å². The summed E-state index contributed by atoms with van der Waals surface area (Å²) in [5.74, 6) is 0. The molecule has 1 aliphatic rings. The molecular weight excluding hydrogens is 461 g/mol. The molecule has 1 nitrogen and oxygen atoms in total. The molecule has 0 spiro atoms. The van der Waals surface area contributed by atoms with E-state index >= 15 is 0 Å². The zero-order chi connectivity index (χ0) is 22.1. The SMILES string of the molecule is C/C(=C\CCC(C)(C)/C=C/N1CCC[C@H]1CP(c1ccccc1)c1ccccc1)CBr. The summed E-state index contributed by atoms with van der Waals surface area (Å²) in [6, 6.07) is 22.9. The summed E-state index contributed by atoms with van der Waals surface area (Å²) >= 11 is 3.54. The molecule has 31 heavy (non-hydrogen) atoms. The van der Waals surface area contributed by atoms with Crippen LogP contribution in [0.25, 0.3) is 0 Å². The highest BCUT2D eigenvalue weighted by Crippen LogP contribution is 2.38. The number of alkyl halides is 1. The van der Waals surface area contributed by atoms with Crippen LogP contribution in [0.15, 0.2) is 84.6 Å². The third kappa shape index (κ3) is 7.62. The Labute approximate surface area is 199 Å². The quantitative estimate of drug-likeness (QED) is 0.190. The Morgan fingerprint density at radius 3 is 2.26 bits per heavy atom. The number of benzene rings is 2. The Morgan fingerprint density at radius 1 is 1.06 bits per heavy atom. The zero-order valence-electron chi connectivity index (χ0n) is 19.3. The maximum Gasteiger partial charge on any atom is 0.0330 e. The number of hydrogen-bond donors (Lipinski definition) is 0. The summed E-state index contributed by atoms with van der Waals surface area (Å²) < 4.78 is 0. The highest BCUT2D eigenvalue weighted by molar-refractivity contribution is 9.09. The molecule has 0 aliphatic carbocycles. The van der Waals surface area contributed by atoms with Crippen LogP contribution in [0.2, 0.25) is 0 Å². The third-order valence-corrected chi connectivity index (χ3v) is 9.68. The summed E-state index contributed by atoms with van der Waals surface area (Å²) in [7, 11) is -0.334. The number of hydrogen-bond acceptors (Lipinski definition) is 1. The van der Waals surface area contributed by atoms with Crippen LogP contribution >= 0.6 is 23.9 Å². The predicted octanol–water partition coefficient (Wildman–Crippen LogP) is 7.25. The van der Waals surface area contributed by atoms with Gasteiger partial charge in [0.05, 0.1) is 0 Å². The first-order valence-electron chi connectivity index (χ1n) is 11.5. The fraction of sp³-hybridized carbons (Fsp3) is 0.429. The minimum atomic E-state index is -0.334. The first-order valence-corrected chi connectivity index (χ1v) is 14.2. The predicted molar refractivity (Wildman–Crippen MR) is 143 cm³/mol. The first kappa shape index (κ1) is 24.3. The Morgan fingerprint density at radius 2 is 1.68 bits per heavy atom. The molecule has 0 unspecified atom stereocenters. The maximum absolute atomic E-state index is 3.54. The van der Waals surface area contributed by atoms with E-state index in [1.54, 1.807) is 0 Å². The molecule has 1 saturated heterocycles. The topological polar surface area (TPSA) is 3.24 Å². The highest BCUT2D eigenvalue weighted by atomic mass is 79.9. The van der Waals surface area contributed by atoms with Gasteiger partial charge in [-0.1, -0.05) is 108 Å². The molecule has 0 N–H and O–H groups in total. The van der Waals surface area contributed by atoms with Gasteiger partial charge in [0.1, 0.15) is 0 Å². The second kappa shape index (κ2) is 12.0. The van der Waals surface area contributed by atoms with Crippen molar-refractivity contribution in [3.63, 3.8) is 0 Å². The van der Waals surface area contributed by atoms with Gasteiger partial charge in [-0.05, 0) is 68.9 Å². The molecule has 166 valence electrons. The van der Waals surface area contributed by atoms with Crippen LogP contribution in [0.1, 0.15) is 46.5 Å². The standard InChI is InChI=1S/C28H37BrNP/c1-24(22-29)12-10-18-28(2,3)19-21-30-20-11-13-25(30)23-31(26-14-6-4-7-15-26)27-16-8-5-9-17-27/h4-9,12,14-17,19,21,25H,10-11,13,18,20,22-23H2,1-3H3/b21-19+,24-12+/t25-/m0/s1. The maximum atomic E-state index is 3.54. The van der Waals surface area contributed by atoms with Gasteiger partial charge < -0.3 is 4.90 Å². The number of allylic oxidation sites excluding steroid dienone is 3. The van der Waals surface area contributed by atoms with Crippen molar-refractivity contribution in [1.29, 1.82) is 0 Å².